The zero-order valence-corrected chi connectivity index (χ0v) is 40.1. The smallest absolute Gasteiger partial charge is 0.318 e. The molecule has 0 unspecified atom stereocenters. The second-order valence-electron chi connectivity index (χ2n) is 20.0. The lowest BCUT2D eigenvalue weighted by molar-refractivity contribution is -0.142. The minimum absolute atomic E-state index is 0.00239. The highest BCUT2D eigenvalue weighted by Crippen LogP contribution is 2.39. The van der Waals surface area contributed by atoms with Crippen molar-refractivity contribution in [2.24, 2.45) is 5.41 Å². The molecular weight excluding hydrogens is 875 g/mol. The van der Waals surface area contributed by atoms with E-state index < -0.39 is 35.4 Å². The van der Waals surface area contributed by atoms with Crippen LogP contribution in [0, 0.1) is 17.8 Å². The summed E-state index contributed by atoms with van der Waals surface area (Å²) in [6.45, 7) is 11.8. The number of phenols is 1. The molecule has 2 aromatic carbocycles. The molecule has 5 aromatic rings. The van der Waals surface area contributed by atoms with Crippen LogP contribution in [0.15, 0.2) is 60.9 Å². The molecule has 4 aliphatic rings. The number of aliphatic hydroxyl groups excluding tert-OH is 1. The van der Waals surface area contributed by atoms with Gasteiger partial charge in [-0.25, -0.2) is 14.8 Å². The number of aromatic hydroxyl groups is 1. The number of terminal acetylenes is 1. The van der Waals surface area contributed by atoms with E-state index in [-0.39, 0.29) is 37.3 Å². The molecule has 69 heavy (non-hydrogen) atoms. The molecule has 0 bridgehead atoms. The Morgan fingerprint density at radius 1 is 0.986 bits per heavy atom. The summed E-state index contributed by atoms with van der Waals surface area (Å²) in [5, 5.41) is 37.0. The predicted octanol–water partition coefficient (Wildman–Crippen LogP) is 5.28. The van der Waals surface area contributed by atoms with E-state index in [9.17, 15) is 24.6 Å². The number of urea groups is 1. The summed E-state index contributed by atoms with van der Waals surface area (Å²) in [6.07, 6.45) is 13.2. The molecule has 3 saturated heterocycles. The van der Waals surface area contributed by atoms with Gasteiger partial charge in [0.1, 0.15) is 23.6 Å². The normalized spacial score (nSPS) is 20.9. The number of carbonyl (C=O) groups is 3. The quantitative estimate of drug-likeness (QED) is 0.114. The molecule has 4 amide bonds. The van der Waals surface area contributed by atoms with Crippen LogP contribution in [0.1, 0.15) is 99.7 Å². The van der Waals surface area contributed by atoms with Crippen LogP contribution in [0.2, 0.25) is 0 Å². The van der Waals surface area contributed by atoms with Crippen molar-refractivity contribution < 1.29 is 29.3 Å². The molecule has 0 radical (unpaired) electrons. The number of carbonyl (C=O) groups excluding carboxylic acids is 3. The molecular formula is C52H63N11O6. The lowest BCUT2D eigenvalue weighted by Gasteiger charge is -2.42. The molecule has 17 nitrogen and oxygen atoms in total. The van der Waals surface area contributed by atoms with Crippen LogP contribution >= 0.6 is 0 Å². The number of piperidine rings is 2. The zero-order valence-electron chi connectivity index (χ0n) is 40.1. The van der Waals surface area contributed by atoms with Gasteiger partial charge in [0.05, 0.1) is 24.9 Å². The molecule has 4 atom stereocenters. The maximum atomic E-state index is 14.3. The Balaban J connectivity index is 0.761. The van der Waals surface area contributed by atoms with E-state index >= 15 is 0 Å². The lowest BCUT2D eigenvalue weighted by Crippen LogP contribution is -2.60. The minimum Gasteiger partial charge on any atom is -0.507 e. The number of likely N-dealkylation sites (tertiary alicyclic amines) is 3. The van der Waals surface area contributed by atoms with Gasteiger partial charge in [-0.05, 0) is 92.9 Å². The molecule has 362 valence electrons. The topological polar surface area (TPSA) is 205 Å². The molecule has 3 aromatic heterocycles. The number of anilines is 1. The van der Waals surface area contributed by atoms with Gasteiger partial charge in [-0.3, -0.25) is 9.59 Å². The van der Waals surface area contributed by atoms with Crippen LogP contribution in [0.4, 0.5) is 10.7 Å². The number of ether oxygens (including phenoxy) is 1. The number of aromatic amines is 1. The largest absolute Gasteiger partial charge is 0.507 e. The van der Waals surface area contributed by atoms with Gasteiger partial charge in [0, 0.05) is 97.3 Å². The van der Waals surface area contributed by atoms with E-state index in [1.807, 2.05) is 51.4 Å². The minimum atomic E-state index is -0.923. The fourth-order valence-electron chi connectivity index (χ4n) is 10.8. The Labute approximate surface area is 403 Å². The number of methoxy groups -OCH3 is 1. The number of phenolic OH excluding ortho intramolecular Hbond substituents is 1. The van der Waals surface area contributed by atoms with E-state index in [1.54, 1.807) is 35.2 Å². The number of H-pyrrole nitrogens is 1. The van der Waals surface area contributed by atoms with Gasteiger partial charge in [-0.15, -0.1) is 16.6 Å². The molecule has 5 N–H and O–H groups in total. The van der Waals surface area contributed by atoms with Gasteiger partial charge in [0.25, 0.3) is 0 Å². The number of para-hydroxylation sites is 1. The van der Waals surface area contributed by atoms with Gasteiger partial charge >= 0.3 is 6.03 Å². The Morgan fingerprint density at radius 2 is 1.72 bits per heavy atom. The van der Waals surface area contributed by atoms with Crippen molar-refractivity contribution >= 4 is 34.8 Å². The highest BCUT2D eigenvalue weighted by molar-refractivity contribution is 5.93. The molecule has 0 spiro atoms. The maximum Gasteiger partial charge on any atom is 0.318 e. The second-order valence-corrected chi connectivity index (χ2v) is 20.0. The Hall–Kier alpha value is -6.77. The first kappa shape index (κ1) is 47.3. The Bertz CT molecular complexity index is 2730. The van der Waals surface area contributed by atoms with Gasteiger partial charge in [-0.1, -0.05) is 44.9 Å². The summed E-state index contributed by atoms with van der Waals surface area (Å²) >= 11 is 0. The van der Waals surface area contributed by atoms with E-state index in [4.69, 9.17) is 21.1 Å². The highest BCUT2D eigenvalue weighted by Gasteiger charge is 2.45. The Kier molecular flexibility index (Phi) is 13.5. The monoisotopic (exact) mass is 937 g/mol. The third kappa shape index (κ3) is 9.78. The number of rotatable bonds is 10. The van der Waals surface area contributed by atoms with Crippen molar-refractivity contribution in [1.82, 2.24) is 50.5 Å². The number of aromatic nitrogens is 5. The summed E-state index contributed by atoms with van der Waals surface area (Å²) in [4.78, 5) is 63.0. The van der Waals surface area contributed by atoms with E-state index in [2.05, 4.69) is 48.5 Å². The maximum absolute atomic E-state index is 14.3. The Morgan fingerprint density at radius 3 is 2.42 bits per heavy atom. The first-order valence-corrected chi connectivity index (χ1v) is 24.1. The predicted molar refractivity (Wildman–Crippen MR) is 261 cm³/mol. The summed E-state index contributed by atoms with van der Waals surface area (Å²) in [5.41, 5.74) is 6.13. The van der Waals surface area contributed by atoms with Crippen LogP contribution in [-0.4, -0.2) is 139 Å². The molecule has 9 rings (SSSR count). The SMILES string of the molecule is C#Cc1ccc(CNC(=O)[C@@H]2C[C@@H](O)CN2C(=O)[C@@H](NC(=O)N2CCC(N3CCC(c4cnc(N5CCc6[nH]c7nnc(-c8ccccc8O)cc7c6[C@H]5C)nc4)CC3)CC2)C(C)(C)C)c(OC)c1. The molecule has 4 aliphatic heterocycles. The highest BCUT2D eigenvalue weighted by atomic mass is 16.5. The van der Waals surface area contributed by atoms with Crippen molar-refractivity contribution in [3.05, 3.63) is 88.9 Å². The zero-order chi connectivity index (χ0) is 48.6. The third-order valence-electron chi connectivity index (χ3n) is 14.7. The van der Waals surface area contributed by atoms with E-state index in [0.717, 1.165) is 85.2 Å². The van der Waals surface area contributed by atoms with Crippen LogP contribution in [-0.2, 0) is 22.6 Å². The number of amides is 4. The van der Waals surface area contributed by atoms with E-state index in [1.165, 1.54) is 12.0 Å². The fraction of sp³-hybridized carbons (Fsp3) is 0.481. The summed E-state index contributed by atoms with van der Waals surface area (Å²) in [6, 6.07) is 12.7. The van der Waals surface area contributed by atoms with Gasteiger partial charge < -0.3 is 50.2 Å². The van der Waals surface area contributed by atoms with Crippen LogP contribution < -0.4 is 20.3 Å². The average molecular weight is 938 g/mol. The van der Waals surface area contributed by atoms with Crippen LogP contribution in [0.3, 0.4) is 0 Å². The molecule has 0 aliphatic carbocycles. The molecule has 17 heteroatoms. The summed E-state index contributed by atoms with van der Waals surface area (Å²) in [5.74, 6) is 3.54. The van der Waals surface area contributed by atoms with E-state index in [0.29, 0.717) is 53.6 Å². The standard InChI is InChI=1S/C52H63N11O6/c1-7-32-12-13-34(44(24-32)69-6)27-53-48(66)42-25-37(64)30-63(42)49(67)46(52(3,4)5)57-51(68)61-21-16-36(17-22-61)60-19-14-33(15-20-60)35-28-54-50(55-29-35)62-23-18-40-45(31(62)2)39-26-41(58-59-47(39)56-40)38-10-8-9-11-43(38)65/h1,8-13,24,26,28-29,31,33,36-37,42,46,64-65H,14-23,25,27,30H2,2-6H3,(H,53,66)(H,56,59)(H,57,68)/t31-,37-,42+,46-/m1/s1. The first-order chi connectivity index (χ1) is 33.2. The molecule has 7 heterocycles. The number of aliphatic hydroxyl groups is 1. The number of nitrogens with zero attached hydrogens (tertiary/aromatic N) is 8. The molecule has 0 saturated carbocycles. The number of fused-ring (bicyclic) bond motifs is 3. The first-order valence-electron chi connectivity index (χ1n) is 24.1. The second kappa shape index (κ2) is 19.7. The van der Waals surface area contributed by atoms with Crippen molar-refractivity contribution in [2.75, 3.05) is 51.3 Å². The lowest BCUT2D eigenvalue weighted by atomic mass is 9.85. The average Bonchev–Trinajstić information content (AvgIpc) is 3.95. The fourth-order valence-corrected chi connectivity index (χ4v) is 10.8. The van der Waals surface area contributed by atoms with Crippen molar-refractivity contribution in [1.29, 1.82) is 0 Å². The van der Waals surface area contributed by atoms with Gasteiger partial charge in [0.15, 0.2) is 5.65 Å². The van der Waals surface area contributed by atoms with Crippen LogP contribution in [0.5, 0.6) is 11.5 Å². The summed E-state index contributed by atoms with van der Waals surface area (Å²) in [7, 11) is 1.53. The van der Waals surface area contributed by atoms with Gasteiger partial charge in [0.2, 0.25) is 17.8 Å². The number of β-amino-alcohol motifs (C(OH)–C–C–N with tert-alkyl or cyclic N) is 1. The third-order valence-corrected chi connectivity index (χ3v) is 14.7. The number of benzene rings is 2. The van der Waals surface area contributed by atoms with Crippen molar-refractivity contribution in [3.63, 3.8) is 0 Å². The number of hydrogen-bond acceptors (Lipinski definition) is 12. The van der Waals surface area contributed by atoms with Gasteiger partial charge in [-0.2, -0.15) is 0 Å². The van der Waals surface area contributed by atoms with Crippen molar-refractivity contribution in [2.45, 2.75) is 109 Å². The number of nitrogens with one attached hydrogen (secondary N) is 3. The van der Waals surface area contributed by atoms with Crippen LogP contribution in [0.25, 0.3) is 22.3 Å². The summed E-state index contributed by atoms with van der Waals surface area (Å²) < 4.78 is 5.47. The van der Waals surface area contributed by atoms with Crippen molar-refractivity contribution in [3.8, 4) is 35.1 Å². The molecule has 3 fully saturated rings. The number of hydrogen-bond donors (Lipinski definition) is 5.